The maximum absolute atomic E-state index is 13.6. The highest BCUT2D eigenvalue weighted by Gasteiger charge is 2.60. The number of ether oxygens (including phenoxy) is 2. The minimum Gasteiger partial charge on any atom is -0.561 e. The van der Waals surface area contributed by atoms with Gasteiger partial charge in [-0.1, -0.05) is 0 Å². The third-order valence-electron chi connectivity index (χ3n) is 5.02. The van der Waals surface area contributed by atoms with Gasteiger partial charge in [0.05, 0.1) is 9.72 Å². The molecule has 0 aliphatic carbocycles. The molecule has 38 heavy (non-hydrogen) atoms. The van der Waals surface area contributed by atoms with Gasteiger partial charge in [0.2, 0.25) is 0 Å². The summed E-state index contributed by atoms with van der Waals surface area (Å²) in [5.74, 6) is -2.07. The second kappa shape index (κ2) is 9.61. The van der Waals surface area contributed by atoms with E-state index in [1.165, 1.54) is 0 Å². The van der Waals surface area contributed by atoms with E-state index in [4.69, 9.17) is 0 Å². The summed E-state index contributed by atoms with van der Waals surface area (Å²) in [6.07, 6.45) is -33.0. The summed E-state index contributed by atoms with van der Waals surface area (Å²) in [6, 6.07) is 3.74. The number of benzene rings is 2. The Morgan fingerprint density at radius 1 is 0.605 bits per heavy atom. The first-order valence-electron chi connectivity index (χ1n) is 9.99. The molecular weight excluding hydrogens is 560 g/mol. The highest BCUT2D eigenvalue weighted by atomic mass is 19.4. The van der Waals surface area contributed by atoms with Crippen molar-refractivity contribution in [3.63, 3.8) is 0 Å². The molecule has 2 unspecified atom stereocenters. The van der Waals surface area contributed by atoms with Crippen molar-refractivity contribution in [2.24, 2.45) is 0 Å². The van der Waals surface area contributed by atoms with Crippen LogP contribution in [0.1, 0.15) is 11.1 Å². The van der Waals surface area contributed by atoms with Crippen molar-refractivity contribution in [1.29, 1.82) is 0 Å². The van der Waals surface area contributed by atoms with Crippen LogP contribution in [0.25, 0.3) is 0 Å². The molecule has 0 aromatic heterocycles. The Morgan fingerprint density at radius 2 is 0.921 bits per heavy atom. The fourth-order valence-corrected chi connectivity index (χ4v) is 3.29. The molecule has 0 saturated heterocycles. The van der Waals surface area contributed by atoms with Crippen LogP contribution in [0, 0.1) is 10.4 Å². The molecule has 6 nitrogen and oxygen atoms in total. The summed E-state index contributed by atoms with van der Waals surface area (Å²) in [7, 11) is 0. The van der Waals surface area contributed by atoms with Gasteiger partial charge >= 0.3 is 24.6 Å². The Labute approximate surface area is 203 Å². The van der Waals surface area contributed by atoms with Crippen LogP contribution < -0.4 is 9.47 Å². The Morgan fingerprint density at radius 3 is 1.21 bits per heavy atom. The first-order valence-corrected chi connectivity index (χ1v) is 9.99. The van der Waals surface area contributed by atoms with Gasteiger partial charge in [-0.3, -0.25) is 0 Å². The molecule has 0 bridgehead atoms. The predicted octanol–water partition coefficient (Wildman–Crippen LogP) is 6.97. The van der Waals surface area contributed by atoms with E-state index in [1.54, 1.807) is 0 Å². The van der Waals surface area contributed by atoms with Crippen molar-refractivity contribution in [3.05, 3.63) is 57.9 Å². The predicted molar refractivity (Wildman–Crippen MR) is 99.9 cm³/mol. The number of fused-ring (bicyclic) bond motifs is 2. The molecule has 18 heteroatoms. The number of azo groups is 1. The lowest BCUT2D eigenvalue weighted by Gasteiger charge is -2.24. The van der Waals surface area contributed by atoms with Gasteiger partial charge in [-0.25, -0.2) is 8.78 Å². The molecule has 1 aliphatic rings. The van der Waals surface area contributed by atoms with Crippen molar-refractivity contribution < 1.29 is 71.9 Å². The molecule has 0 N–H and O–H groups in total. The normalized spacial score (nSPS) is 18.5. The first-order chi connectivity index (χ1) is 17.2. The molecule has 210 valence electrons. The van der Waals surface area contributed by atoms with Crippen LogP contribution in [0.2, 0.25) is 0 Å². The number of rotatable bonds is 6. The first kappa shape index (κ1) is 29.0. The zero-order valence-corrected chi connectivity index (χ0v) is 18.1. The maximum Gasteiger partial charge on any atom is 0.439 e. The van der Waals surface area contributed by atoms with Crippen LogP contribution in [-0.2, 0) is 12.8 Å². The molecule has 1 aliphatic heterocycles. The van der Waals surface area contributed by atoms with Crippen molar-refractivity contribution in [2.75, 3.05) is 0 Å². The summed E-state index contributed by atoms with van der Waals surface area (Å²) in [5.41, 5.74) is -1.63. The topological polar surface area (TPSA) is 70.6 Å². The average Bonchev–Trinajstić information content (AvgIpc) is 2.78. The van der Waals surface area contributed by atoms with Gasteiger partial charge < -0.3 is 19.9 Å². The van der Waals surface area contributed by atoms with Gasteiger partial charge in [0.1, 0.15) is 11.5 Å². The lowest BCUT2D eigenvalue weighted by Crippen LogP contribution is -2.45. The molecule has 0 radical (unpaired) electrons. The number of hydrogen-bond acceptors (Lipinski definition) is 4. The number of alkyl halides is 12. The second-order valence-electron chi connectivity index (χ2n) is 7.76. The Bertz CT molecular complexity index is 1140. The zero-order chi connectivity index (χ0) is 28.8. The van der Waals surface area contributed by atoms with Crippen molar-refractivity contribution in [3.8, 4) is 11.5 Å². The Kier molecular flexibility index (Phi) is 7.33. The molecule has 0 fully saturated rings. The minimum absolute atomic E-state index is 0.306. The number of halogens is 12. The fourth-order valence-electron chi connectivity index (χ4n) is 3.29. The standard InChI is InChI=1S/C20H12F12N2O4/c21-15(17(23,24)25)19(29,30)37-11-3-5-13-9(7-11)1-2-10-8-12(4-6-14(10)34(36)33(13)35)38-20(31,32)16(22)18(26,27)28/h3-8,15-16H,1-2H2/b34-33-. The van der Waals surface area contributed by atoms with Crippen molar-refractivity contribution >= 4 is 11.4 Å². The third kappa shape index (κ3) is 5.93. The molecule has 2 aromatic rings. The molecule has 0 saturated carbocycles. The summed E-state index contributed by atoms with van der Waals surface area (Å²) in [6.45, 7) is 0. The van der Waals surface area contributed by atoms with E-state index >= 15 is 0 Å². The highest BCUT2D eigenvalue weighted by Crippen LogP contribution is 2.40. The molecular formula is C20H12F12N2O4. The number of hydrogen-bond donors (Lipinski definition) is 0. The molecule has 1 heterocycles. The Balaban J connectivity index is 1.94. The molecule has 2 aromatic carbocycles. The van der Waals surface area contributed by atoms with E-state index in [2.05, 4.69) is 9.47 Å². The molecule has 2 atom stereocenters. The zero-order valence-electron chi connectivity index (χ0n) is 18.1. The van der Waals surface area contributed by atoms with E-state index in [0.29, 0.717) is 36.4 Å². The van der Waals surface area contributed by atoms with Gasteiger partial charge in [0.25, 0.3) is 23.7 Å². The minimum atomic E-state index is -5.98. The third-order valence-corrected chi connectivity index (χ3v) is 5.02. The van der Waals surface area contributed by atoms with E-state index < -0.39 is 72.6 Å². The molecule has 0 spiro atoms. The lowest BCUT2D eigenvalue weighted by atomic mass is 10.0. The second-order valence-corrected chi connectivity index (χ2v) is 7.76. The van der Waals surface area contributed by atoms with Crippen LogP contribution in [-0.4, -0.2) is 46.6 Å². The van der Waals surface area contributed by atoms with Gasteiger partial charge in [0, 0.05) is 23.3 Å². The molecule has 0 amide bonds. The largest absolute Gasteiger partial charge is 0.561 e. The van der Waals surface area contributed by atoms with E-state index in [1.807, 2.05) is 0 Å². The van der Waals surface area contributed by atoms with Gasteiger partial charge in [-0.15, -0.1) is 0 Å². The highest BCUT2D eigenvalue weighted by molar-refractivity contribution is 5.49. The number of nitrogens with zero attached hydrogens (tertiary/aromatic N) is 2. The monoisotopic (exact) mass is 572 g/mol. The summed E-state index contributed by atoms with van der Waals surface area (Å²) < 4.78 is 162. The van der Waals surface area contributed by atoms with Crippen molar-refractivity contribution in [2.45, 2.75) is 49.8 Å². The van der Waals surface area contributed by atoms with Crippen LogP contribution in [0.3, 0.4) is 0 Å². The SMILES string of the molecule is [O-]/[N+]1=[N+](\[O-])c2ccc(OC(F)(F)C(F)C(F)(F)F)cc2CCc2cc(OC(F)(F)C(F)C(F)(F)F)ccc21. The quantitative estimate of drug-likeness (QED) is 0.213. The summed E-state index contributed by atoms with van der Waals surface area (Å²) >= 11 is 0. The van der Waals surface area contributed by atoms with Crippen LogP contribution in [0.15, 0.2) is 36.4 Å². The van der Waals surface area contributed by atoms with E-state index in [9.17, 15) is 63.1 Å². The lowest BCUT2D eigenvalue weighted by molar-refractivity contribution is -0.897. The molecule has 3 rings (SSSR count). The van der Waals surface area contributed by atoms with E-state index in [0.717, 1.165) is 0 Å². The van der Waals surface area contributed by atoms with Crippen molar-refractivity contribution in [1.82, 2.24) is 0 Å². The average molecular weight is 572 g/mol. The smallest absolute Gasteiger partial charge is 0.439 e. The van der Waals surface area contributed by atoms with E-state index in [-0.39, 0.29) is 20.8 Å². The summed E-state index contributed by atoms with van der Waals surface area (Å²) in [4.78, 5) is -0.724. The van der Waals surface area contributed by atoms with Gasteiger partial charge in [-0.2, -0.15) is 43.9 Å². The maximum atomic E-state index is 13.6. The van der Waals surface area contributed by atoms with Crippen LogP contribution >= 0.6 is 0 Å². The van der Waals surface area contributed by atoms with Crippen LogP contribution in [0.5, 0.6) is 11.5 Å². The van der Waals surface area contributed by atoms with Crippen LogP contribution in [0.4, 0.5) is 64.1 Å². The Hall–Kier alpha value is -3.60. The number of aryl methyl sites for hydroxylation is 2. The summed E-state index contributed by atoms with van der Waals surface area (Å²) in [5, 5.41) is 25.0. The van der Waals surface area contributed by atoms with Gasteiger partial charge in [0.15, 0.2) is 0 Å². The van der Waals surface area contributed by atoms with Gasteiger partial charge in [-0.05, 0) is 37.1 Å². The fraction of sp³-hybridized carbons (Fsp3) is 0.400.